The molecule has 0 aliphatic rings. The number of para-hydroxylation sites is 1. The summed E-state index contributed by atoms with van der Waals surface area (Å²) in [6, 6.07) is 17.0. The molecular formula is C24H21N5O4. The Hall–Kier alpha value is -4.24. The molecule has 0 saturated heterocycles. The summed E-state index contributed by atoms with van der Waals surface area (Å²) in [5, 5.41) is 8.43. The van der Waals surface area contributed by atoms with Crippen LogP contribution in [-0.2, 0) is 9.53 Å². The smallest absolute Gasteiger partial charge is 0.246 e. The summed E-state index contributed by atoms with van der Waals surface area (Å²) in [4.78, 5) is 20.5. The van der Waals surface area contributed by atoms with E-state index >= 15 is 0 Å². The van der Waals surface area contributed by atoms with E-state index in [1.54, 1.807) is 29.2 Å². The van der Waals surface area contributed by atoms with Crippen LogP contribution in [0.5, 0.6) is 5.88 Å². The first-order chi connectivity index (χ1) is 16.2. The standard InChI is InChI=1S/C24H21N5O4/c1-31-15-23(30)27-14-21(17-6-4-10-25-12-17)33-24-9-8-22-26-13-18(29(22)28-24)20-11-16-5-2-3-7-19(16)32-20/h2-13,21H,14-15H2,1H3,(H,27,30). The van der Waals surface area contributed by atoms with Gasteiger partial charge in [0.1, 0.15) is 24.0 Å². The van der Waals surface area contributed by atoms with Crippen LogP contribution in [0.3, 0.4) is 0 Å². The average Bonchev–Trinajstić information content (AvgIpc) is 3.46. The van der Waals surface area contributed by atoms with Crippen molar-refractivity contribution in [2.24, 2.45) is 0 Å². The molecule has 1 amide bonds. The Morgan fingerprint density at radius 1 is 1.15 bits per heavy atom. The molecule has 0 radical (unpaired) electrons. The molecule has 1 unspecified atom stereocenters. The number of rotatable bonds is 8. The molecule has 9 heteroatoms. The molecule has 1 atom stereocenters. The fraction of sp³-hybridized carbons (Fsp3) is 0.167. The molecule has 5 rings (SSSR count). The second-order valence-corrected chi connectivity index (χ2v) is 7.36. The number of carbonyl (C=O) groups is 1. The predicted octanol–water partition coefficient (Wildman–Crippen LogP) is 3.42. The molecule has 1 aromatic carbocycles. The van der Waals surface area contributed by atoms with Gasteiger partial charge in [0, 0.05) is 36.5 Å². The molecule has 4 aromatic heterocycles. The molecular weight excluding hydrogens is 422 g/mol. The molecule has 33 heavy (non-hydrogen) atoms. The first kappa shape index (κ1) is 20.7. The number of nitrogens with zero attached hydrogens (tertiary/aromatic N) is 4. The lowest BCUT2D eigenvalue weighted by molar-refractivity contribution is -0.125. The summed E-state index contributed by atoms with van der Waals surface area (Å²) in [7, 11) is 1.47. The highest BCUT2D eigenvalue weighted by Crippen LogP contribution is 2.29. The zero-order chi connectivity index (χ0) is 22.6. The number of pyridine rings is 1. The summed E-state index contributed by atoms with van der Waals surface area (Å²) in [5.41, 5.74) is 2.96. The van der Waals surface area contributed by atoms with Crippen molar-refractivity contribution in [1.82, 2.24) is 24.9 Å². The minimum absolute atomic E-state index is 0.0279. The molecule has 9 nitrogen and oxygen atoms in total. The quantitative estimate of drug-likeness (QED) is 0.392. The highest BCUT2D eigenvalue weighted by Gasteiger charge is 2.18. The number of hydrogen-bond acceptors (Lipinski definition) is 7. The molecule has 0 bridgehead atoms. The van der Waals surface area contributed by atoms with Crippen LogP contribution >= 0.6 is 0 Å². The van der Waals surface area contributed by atoms with Crippen LogP contribution in [0.1, 0.15) is 11.7 Å². The number of amides is 1. The SMILES string of the molecule is COCC(=O)NCC(Oc1ccc2ncc(-c3cc4ccccc4o3)n2n1)c1cccnc1. The maximum atomic E-state index is 11.9. The molecule has 0 aliphatic heterocycles. The highest BCUT2D eigenvalue weighted by molar-refractivity contribution is 5.82. The molecule has 0 spiro atoms. The Bertz CT molecular complexity index is 1360. The molecule has 166 valence electrons. The van der Waals surface area contributed by atoms with E-state index in [-0.39, 0.29) is 19.1 Å². The van der Waals surface area contributed by atoms with Crippen molar-refractivity contribution in [3.05, 3.63) is 78.8 Å². The summed E-state index contributed by atoms with van der Waals surface area (Å²) >= 11 is 0. The van der Waals surface area contributed by atoms with Crippen LogP contribution in [-0.4, -0.2) is 45.8 Å². The van der Waals surface area contributed by atoms with E-state index in [9.17, 15) is 4.79 Å². The lowest BCUT2D eigenvalue weighted by Crippen LogP contribution is -2.33. The van der Waals surface area contributed by atoms with Crippen LogP contribution in [0.25, 0.3) is 28.1 Å². The van der Waals surface area contributed by atoms with Gasteiger partial charge in [-0.2, -0.15) is 0 Å². The fourth-order valence-corrected chi connectivity index (χ4v) is 3.52. The van der Waals surface area contributed by atoms with Crippen LogP contribution in [0.15, 0.2) is 77.6 Å². The molecule has 5 aromatic rings. The van der Waals surface area contributed by atoms with Crippen molar-refractivity contribution in [2.45, 2.75) is 6.10 Å². The molecule has 1 N–H and O–H groups in total. The number of benzene rings is 1. The van der Waals surface area contributed by atoms with Gasteiger partial charge < -0.3 is 19.2 Å². The number of carbonyl (C=O) groups excluding carboxylic acids is 1. The van der Waals surface area contributed by atoms with Gasteiger partial charge in [0.25, 0.3) is 0 Å². The summed E-state index contributed by atoms with van der Waals surface area (Å²) < 4.78 is 18.7. The van der Waals surface area contributed by atoms with Crippen LogP contribution in [0.2, 0.25) is 0 Å². The van der Waals surface area contributed by atoms with Crippen molar-refractivity contribution in [1.29, 1.82) is 0 Å². The number of ether oxygens (including phenoxy) is 2. The van der Waals surface area contributed by atoms with Crippen molar-refractivity contribution < 1.29 is 18.7 Å². The number of aromatic nitrogens is 4. The van der Waals surface area contributed by atoms with Crippen LogP contribution < -0.4 is 10.1 Å². The number of fused-ring (bicyclic) bond motifs is 2. The van der Waals surface area contributed by atoms with Gasteiger partial charge in [0.2, 0.25) is 11.8 Å². The molecule has 0 aliphatic carbocycles. The van der Waals surface area contributed by atoms with Crippen LogP contribution in [0, 0.1) is 0 Å². The van der Waals surface area contributed by atoms with E-state index in [0.717, 1.165) is 16.5 Å². The third-order valence-electron chi connectivity index (χ3n) is 5.10. The first-order valence-corrected chi connectivity index (χ1v) is 10.4. The van der Waals surface area contributed by atoms with E-state index < -0.39 is 6.10 Å². The van der Waals surface area contributed by atoms with Gasteiger partial charge in [-0.1, -0.05) is 24.3 Å². The van der Waals surface area contributed by atoms with Crippen LogP contribution in [0.4, 0.5) is 0 Å². The normalized spacial score (nSPS) is 12.2. The maximum absolute atomic E-state index is 11.9. The maximum Gasteiger partial charge on any atom is 0.246 e. The second kappa shape index (κ2) is 9.09. The van der Waals surface area contributed by atoms with Crippen molar-refractivity contribution in [2.75, 3.05) is 20.3 Å². The lowest BCUT2D eigenvalue weighted by Gasteiger charge is -2.19. The van der Waals surface area contributed by atoms with Gasteiger partial charge in [-0.05, 0) is 24.3 Å². The Morgan fingerprint density at radius 3 is 2.88 bits per heavy atom. The summed E-state index contributed by atoms with van der Waals surface area (Å²) in [5.74, 6) is 0.789. The number of hydrogen-bond donors (Lipinski definition) is 1. The number of furan rings is 1. The van der Waals surface area contributed by atoms with E-state index in [4.69, 9.17) is 13.9 Å². The zero-order valence-corrected chi connectivity index (χ0v) is 17.8. The Morgan fingerprint density at radius 2 is 2.06 bits per heavy atom. The number of methoxy groups -OCH3 is 1. The lowest BCUT2D eigenvalue weighted by atomic mass is 10.1. The van der Waals surface area contributed by atoms with Gasteiger partial charge in [0.05, 0.1) is 12.7 Å². The summed E-state index contributed by atoms with van der Waals surface area (Å²) in [6.45, 7) is 0.202. The minimum atomic E-state index is -0.498. The van der Waals surface area contributed by atoms with E-state index in [1.807, 2.05) is 48.5 Å². The van der Waals surface area contributed by atoms with Gasteiger partial charge in [0.15, 0.2) is 11.4 Å². The highest BCUT2D eigenvalue weighted by atomic mass is 16.5. The van der Waals surface area contributed by atoms with Gasteiger partial charge in [-0.15, -0.1) is 5.10 Å². The monoisotopic (exact) mass is 443 g/mol. The average molecular weight is 443 g/mol. The van der Waals surface area contributed by atoms with Crippen molar-refractivity contribution in [3.8, 4) is 17.3 Å². The Labute approximate surface area is 189 Å². The van der Waals surface area contributed by atoms with Gasteiger partial charge >= 0.3 is 0 Å². The van der Waals surface area contributed by atoms with E-state index in [2.05, 4.69) is 20.4 Å². The molecule has 0 fully saturated rings. The van der Waals surface area contributed by atoms with E-state index in [1.165, 1.54) is 7.11 Å². The van der Waals surface area contributed by atoms with Gasteiger partial charge in [-0.3, -0.25) is 9.78 Å². The topological polar surface area (TPSA) is 104 Å². The predicted molar refractivity (Wildman–Crippen MR) is 121 cm³/mol. The molecule has 4 heterocycles. The third kappa shape index (κ3) is 4.39. The fourth-order valence-electron chi connectivity index (χ4n) is 3.52. The second-order valence-electron chi connectivity index (χ2n) is 7.36. The number of imidazole rings is 1. The summed E-state index contributed by atoms with van der Waals surface area (Å²) in [6.07, 6.45) is 4.60. The van der Waals surface area contributed by atoms with Crippen molar-refractivity contribution >= 4 is 22.5 Å². The Balaban J connectivity index is 1.45. The first-order valence-electron chi connectivity index (χ1n) is 10.4. The number of nitrogens with one attached hydrogen (secondary N) is 1. The Kier molecular flexibility index (Phi) is 5.69. The minimum Gasteiger partial charge on any atom is -0.466 e. The molecule has 0 saturated carbocycles. The van der Waals surface area contributed by atoms with E-state index in [0.29, 0.717) is 23.0 Å². The van der Waals surface area contributed by atoms with Crippen molar-refractivity contribution in [3.63, 3.8) is 0 Å². The third-order valence-corrected chi connectivity index (χ3v) is 5.10. The zero-order valence-electron chi connectivity index (χ0n) is 17.8. The largest absolute Gasteiger partial charge is 0.466 e. The van der Waals surface area contributed by atoms with Gasteiger partial charge in [-0.25, -0.2) is 9.50 Å².